The van der Waals surface area contributed by atoms with Crippen molar-refractivity contribution in [2.24, 2.45) is 0 Å². The van der Waals surface area contributed by atoms with Crippen LogP contribution in [-0.4, -0.2) is 23.0 Å². The van der Waals surface area contributed by atoms with Crippen molar-refractivity contribution in [1.82, 2.24) is 0 Å². The van der Waals surface area contributed by atoms with Crippen LogP contribution in [0.1, 0.15) is 20.7 Å². The standard InChI is InChI=1S/C21H14N2O4/c24-19-17-12-11-16(22(21(26)27)14-7-3-1-4-8-14)13-18(17)20(25)23(19)15-9-5-2-6-10-15/h1-13H,(H,26,27). The summed E-state index contributed by atoms with van der Waals surface area (Å²) in [7, 11) is 0. The molecule has 1 aliphatic heterocycles. The van der Waals surface area contributed by atoms with Gasteiger partial charge in [-0.2, -0.15) is 0 Å². The topological polar surface area (TPSA) is 77.9 Å². The van der Waals surface area contributed by atoms with Crippen molar-refractivity contribution in [3.8, 4) is 0 Å². The number of carbonyl (C=O) groups excluding carboxylic acids is 2. The summed E-state index contributed by atoms with van der Waals surface area (Å²) in [5.74, 6) is -0.893. The summed E-state index contributed by atoms with van der Waals surface area (Å²) < 4.78 is 0. The van der Waals surface area contributed by atoms with Gasteiger partial charge in [0.15, 0.2) is 0 Å². The molecule has 0 saturated carbocycles. The van der Waals surface area contributed by atoms with Crippen LogP contribution in [0.15, 0.2) is 78.9 Å². The molecule has 6 heteroatoms. The molecule has 3 amide bonds. The zero-order chi connectivity index (χ0) is 19.0. The van der Waals surface area contributed by atoms with E-state index in [9.17, 15) is 19.5 Å². The van der Waals surface area contributed by atoms with Gasteiger partial charge >= 0.3 is 6.09 Å². The summed E-state index contributed by atoms with van der Waals surface area (Å²) in [6.07, 6.45) is -1.18. The summed E-state index contributed by atoms with van der Waals surface area (Å²) in [5.41, 5.74) is 1.66. The Hall–Kier alpha value is -3.93. The highest BCUT2D eigenvalue weighted by Gasteiger charge is 2.37. The van der Waals surface area contributed by atoms with Crippen LogP contribution in [0.3, 0.4) is 0 Å². The van der Waals surface area contributed by atoms with E-state index in [4.69, 9.17) is 0 Å². The van der Waals surface area contributed by atoms with Crippen molar-refractivity contribution in [1.29, 1.82) is 0 Å². The molecule has 3 aromatic carbocycles. The molecule has 6 nitrogen and oxygen atoms in total. The molecule has 0 spiro atoms. The quantitative estimate of drug-likeness (QED) is 0.708. The van der Waals surface area contributed by atoms with Gasteiger partial charge in [-0.1, -0.05) is 36.4 Å². The van der Waals surface area contributed by atoms with Crippen LogP contribution in [-0.2, 0) is 0 Å². The van der Waals surface area contributed by atoms with Crippen LogP contribution in [0, 0.1) is 0 Å². The number of anilines is 3. The molecule has 0 aromatic heterocycles. The number of para-hydroxylation sites is 2. The first kappa shape index (κ1) is 16.5. The fourth-order valence-corrected chi connectivity index (χ4v) is 3.13. The highest BCUT2D eigenvalue weighted by atomic mass is 16.4. The lowest BCUT2D eigenvalue weighted by Crippen LogP contribution is -2.29. The molecule has 4 rings (SSSR count). The first-order valence-corrected chi connectivity index (χ1v) is 8.24. The molecular weight excluding hydrogens is 344 g/mol. The number of hydrogen-bond acceptors (Lipinski definition) is 3. The number of amides is 3. The number of hydrogen-bond donors (Lipinski definition) is 1. The number of benzene rings is 3. The molecule has 0 aliphatic carbocycles. The van der Waals surface area contributed by atoms with Gasteiger partial charge in [0.25, 0.3) is 11.8 Å². The summed E-state index contributed by atoms with van der Waals surface area (Å²) in [5, 5.41) is 9.64. The van der Waals surface area contributed by atoms with Crippen LogP contribution in [0.2, 0.25) is 0 Å². The van der Waals surface area contributed by atoms with Gasteiger partial charge in [0.2, 0.25) is 0 Å². The molecule has 1 heterocycles. The van der Waals surface area contributed by atoms with Crippen molar-refractivity contribution in [2.45, 2.75) is 0 Å². The Morgan fingerprint density at radius 2 is 1.33 bits per heavy atom. The van der Waals surface area contributed by atoms with Crippen LogP contribution >= 0.6 is 0 Å². The molecule has 0 saturated heterocycles. The minimum atomic E-state index is -1.18. The Morgan fingerprint density at radius 3 is 1.96 bits per heavy atom. The maximum atomic E-state index is 12.8. The lowest BCUT2D eigenvalue weighted by Gasteiger charge is -2.19. The lowest BCUT2D eigenvalue weighted by atomic mass is 10.1. The van der Waals surface area contributed by atoms with E-state index in [1.807, 2.05) is 0 Å². The van der Waals surface area contributed by atoms with E-state index < -0.39 is 17.9 Å². The van der Waals surface area contributed by atoms with Crippen molar-refractivity contribution >= 4 is 35.0 Å². The normalized spacial score (nSPS) is 12.8. The molecule has 132 valence electrons. The summed E-state index contributed by atoms with van der Waals surface area (Å²) in [4.78, 5) is 39.5. The predicted octanol–water partition coefficient (Wildman–Crippen LogP) is 4.30. The van der Waals surface area contributed by atoms with Gasteiger partial charge in [0.1, 0.15) is 0 Å². The number of rotatable bonds is 3. The monoisotopic (exact) mass is 358 g/mol. The molecule has 0 atom stereocenters. The van der Waals surface area contributed by atoms with Crippen molar-refractivity contribution in [3.05, 3.63) is 90.0 Å². The number of carbonyl (C=O) groups is 3. The van der Waals surface area contributed by atoms with Crippen molar-refractivity contribution < 1.29 is 19.5 Å². The Morgan fingerprint density at radius 1 is 0.741 bits per heavy atom. The molecule has 0 fully saturated rings. The van der Waals surface area contributed by atoms with E-state index >= 15 is 0 Å². The lowest BCUT2D eigenvalue weighted by molar-refractivity contribution is 0.0926. The Balaban J connectivity index is 1.78. The van der Waals surface area contributed by atoms with Crippen LogP contribution in [0.25, 0.3) is 0 Å². The first-order chi connectivity index (χ1) is 13.1. The third kappa shape index (κ3) is 2.73. The zero-order valence-corrected chi connectivity index (χ0v) is 14.1. The third-order valence-electron chi connectivity index (χ3n) is 4.35. The van der Waals surface area contributed by atoms with Gasteiger partial charge in [0.05, 0.1) is 28.2 Å². The SMILES string of the molecule is O=C1c2ccc(N(C(=O)O)c3ccccc3)cc2C(=O)N1c1ccccc1. The summed E-state index contributed by atoms with van der Waals surface area (Å²) in [6.45, 7) is 0. The first-order valence-electron chi connectivity index (χ1n) is 8.24. The van der Waals surface area contributed by atoms with Gasteiger partial charge in [0, 0.05) is 0 Å². The van der Waals surface area contributed by atoms with E-state index in [0.717, 1.165) is 9.80 Å². The van der Waals surface area contributed by atoms with Crippen molar-refractivity contribution in [2.75, 3.05) is 9.80 Å². The molecule has 27 heavy (non-hydrogen) atoms. The third-order valence-corrected chi connectivity index (χ3v) is 4.35. The van der Waals surface area contributed by atoms with Crippen molar-refractivity contribution in [3.63, 3.8) is 0 Å². The van der Waals surface area contributed by atoms with Crippen LogP contribution in [0.5, 0.6) is 0 Å². The van der Waals surface area contributed by atoms with Crippen LogP contribution in [0.4, 0.5) is 21.9 Å². The largest absolute Gasteiger partial charge is 0.464 e. The molecule has 1 aliphatic rings. The maximum absolute atomic E-state index is 12.8. The highest BCUT2D eigenvalue weighted by Crippen LogP contribution is 2.33. The number of carboxylic acid groups (broad SMARTS) is 1. The second-order valence-corrected chi connectivity index (χ2v) is 5.96. The fourth-order valence-electron chi connectivity index (χ4n) is 3.13. The molecule has 0 unspecified atom stereocenters. The van der Waals surface area contributed by atoms with Gasteiger partial charge in [-0.15, -0.1) is 0 Å². The van der Waals surface area contributed by atoms with Gasteiger partial charge in [-0.3, -0.25) is 9.59 Å². The smallest absolute Gasteiger partial charge is 0.416 e. The van der Waals surface area contributed by atoms with E-state index in [1.54, 1.807) is 60.7 Å². The van der Waals surface area contributed by atoms with E-state index in [1.165, 1.54) is 18.2 Å². The second kappa shape index (κ2) is 6.42. The van der Waals surface area contributed by atoms with Gasteiger partial charge in [-0.05, 0) is 42.5 Å². The predicted molar refractivity (Wildman–Crippen MR) is 101 cm³/mol. The molecule has 0 radical (unpaired) electrons. The van der Waals surface area contributed by atoms with Crippen LogP contribution < -0.4 is 9.80 Å². The Bertz CT molecular complexity index is 1050. The molecule has 0 bridgehead atoms. The average Bonchev–Trinajstić information content (AvgIpc) is 2.93. The fraction of sp³-hybridized carbons (Fsp3) is 0. The Kier molecular flexibility index (Phi) is 3.93. The maximum Gasteiger partial charge on any atom is 0.416 e. The average molecular weight is 358 g/mol. The highest BCUT2D eigenvalue weighted by molar-refractivity contribution is 6.34. The molecule has 3 aromatic rings. The number of nitrogens with zero attached hydrogens (tertiary/aromatic N) is 2. The minimum Gasteiger partial charge on any atom is -0.464 e. The van der Waals surface area contributed by atoms with E-state index in [0.29, 0.717) is 17.1 Å². The van der Waals surface area contributed by atoms with Gasteiger partial charge in [-0.25, -0.2) is 14.6 Å². The molecular formula is C21H14N2O4. The number of imide groups is 1. The van der Waals surface area contributed by atoms with E-state index in [2.05, 4.69) is 0 Å². The summed E-state index contributed by atoms with van der Waals surface area (Å²) >= 11 is 0. The number of fused-ring (bicyclic) bond motifs is 1. The van der Waals surface area contributed by atoms with E-state index in [-0.39, 0.29) is 11.1 Å². The summed E-state index contributed by atoms with van der Waals surface area (Å²) in [6, 6.07) is 21.6. The Labute approximate surface area is 154 Å². The second-order valence-electron chi connectivity index (χ2n) is 5.96. The molecule has 1 N–H and O–H groups in total. The minimum absolute atomic E-state index is 0.184. The van der Waals surface area contributed by atoms with Gasteiger partial charge < -0.3 is 5.11 Å². The zero-order valence-electron chi connectivity index (χ0n) is 14.1.